The van der Waals surface area contributed by atoms with Crippen LogP contribution in [0, 0.1) is 0 Å². The van der Waals surface area contributed by atoms with E-state index in [1.165, 1.54) is 14.2 Å². The minimum Gasteiger partial charge on any atom is -0.312 e. The summed E-state index contributed by atoms with van der Waals surface area (Å²) in [5.41, 5.74) is 0.721. The zero-order chi connectivity index (χ0) is 10.6. The van der Waals surface area contributed by atoms with Gasteiger partial charge in [0.1, 0.15) is 0 Å². The highest BCUT2D eigenvalue weighted by molar-refractivity contribution is 7.54. The van der Waals surface area contributed by atoms with Crippen LogP contribution in [0.1, 0.15) is 18.1 Å². The van der Waals surface area contributed by atoms with Gasteiger partial charge in [-0.1, -0.05) is 30.3 Å². The third-order valence-electron chi connectivity index (χ3n) is 2.27. The number of benzene rings is 1. The fourth-order valence-corrected chi connectivity index (χ4v) is 2.62. The lowest BCUT2D eigenvalue weighted by Crippen LogP contribution is -1.99. The molecule has 0 aliphatic rings. The van der Waals surface area contributed by atoms with Crippen molar-refractivity contribution in [2.75, 3.05) is 14.2 Å². The van der Waals surface area contributed by atoms with Crippen LogP contribution in [-0.4, -0.2) is 14.2 Å². The Morgan fingerprint density at radius 2 is 1.64 bits per heavy atom. The molecule has 3 nitrogen and oxygen atoms in total. The quantitative estimate of drug-likeness (QED) is 0.722. The molecule has 4 heteroatoms. The molecule has 78 valence electrons. The summed E-state index contributed by atoms with van der Waals surface area (Å²) < 4.78 is 21.9. The van der Waals surface area contributed by atoms with E-state index in [0.717, 1.165) is 5.56 Å². The molecular formula is C10H15O3P. The van der Waals surface area contributed by atoms with Crippen LogP contribution >= 0.6 is 7.60 Å². The normalized spacial score (nSPS) is 13.9. The van der Waals surface area contributed by atoms with Crippen LogP contribution in [-0.2, 0) is 13.6 Å². The standard InChI is InChI=1S/C10H15O3P/c1-9(14(11,12-2)13-3)10-7-5-4-6-8-10/h4-9H,1-3H3/t9-/m1/s1. The summed E-state index contributed by atoms with van der Waals surface area (Å²) in [7, 11) is -0.181. The fourth-order valence-electron chi connectivity index (χ4n) is 1.30. The van der Waals surface area contributed by atoms with Gasteiger partial charge in [0, 0.05) is 14.2 Å². The number of rotatable bonds is 4. The molecule has 0 aromatic heterocycles. The molecule has 14 heavy (non-hydrogen) atoms. The number of hydrogen-bond donors (Lipinski definition) is 0. The highest BCUT2D eigenvalue weighted by Crippen LogP contribution is 2.59. The predicted molar refractivity (Wildman–Crippen MR) is 56.5 cm³/mol. The Labute approximate surface area is 84.6 Å². The van der Waals surface area contributed by atoms with Crippen molar-refractivity contribution < 1.29 is 13.6 Å². The molecule has 1 atom stereocenters. The van der Waals surface area contributed by atoms with Crippen LogP contribution in [0.5, 0.6) is 0 Å². The Hall–Kier alpha value is -0.630. The summed E-state index contributed by atoms with van der Waals surface area (Å²) in [4.78, 5) is 0. The summed E-state index contributed by atoms with van der Waals surface area (Å²) in [5.74, 6) is 0. The highest BCUT2D eigenvalue weighted by atomic mass is 31.2. The molecule has 1 rings (SSSR count). The van der Waals surface area contributed by atoms with E-state index in [2.05, 4.69) is 0 Å². The molecule has 0 saturated heterocycles. The minimum atomic E-state index is -2.99. The summed E-state index contributed by atoms with van der Waals surface area (Å²) in [6.45, 7) is 1.84. The monoisotopic (exact) mass is 214 g/mol. The van der Waals surface area contributed by atoms with Crippen molar-refractivity contribution in [3.8, 4) is 0 Å². The maximum absolute atomic E-state index is 12.0. The first-order valence-corrected chi connectivity index (χ1v) is 6.01. The summed E-state index contributed by atoms with van der Waals surface area (Å²) in [5, 5.41) is 0. The average molecular weight is 214 g/mol. The van der Waals surface area contributed by atoms with Crippen molar-refractivity contribution in [3.05, 3.63) is 35.9 Å². The van der Waals surface area contributed by atoms with E-state index >= 15 is 0 Å². The first-order valence-electron chi connectivity index (χ1n) is 4.40. The Morgan fingerprint density at radius 3 is 2.07 bits per heavy atom. The van der Waals surface area contributed by atoms with Gasteiger partial charge in [-0.05, 0) is 12.5 Å². The Balaban J connectivity index is 2.95. The molecule has 0 radical (unpaired) electrons. The van der Waals surface area contributed by atoms with Crippen molar-refractivity contribution in [1.82, 2.24) is 0 Å². The van der Waals surface area contributed by atoms with Gasteiger partial charge >= 0.3 is 7.60 Å². The first-order chi connectivity index (χ1) is 6.64. The lowest BCUT2D eigenvalue weighted by molar-refractivity contribution is 0.267. The second-order valence-corrected chi connectivity index (χ2v) is 5.58. The minimum absolute atomic E-state index is 0.237. The van der Waals surface area contributed by atoms with E-state index in [1.54, 1.807) is 0 Å². The lowest BCUT2D eigenvalue weighted by atomic mass is 10.2. The Morgan fingerprint density at radius 1 is 1.14 bits per heavy atom. The third kappa shape index (κ3) is 2.24. The molecule has 0 N–H and O–H groups in total. The first kappa shape index (κ1) is 11.4. The van der Waals surface area contributed by atoms with E-state index < -0.39 is 7.60 Å². The van der Waals surface area contributed by atoms with Gasteiger partial charge in [0.2, 0.25) is 0 Å². The summed E-state index contributed by atoms with van der Waals surface area (Å²) in [6, 6.07) is 9.55. The third-order valence-corrected chi connectivity index (χ3v) is 4.53. The molecular weight excluding hydrogens is 199 g/mol. The second kappa shape index (κ2) is 4.74. The van der Waals surface area contributed by atoms with Gasteiger partial charge < -0.3 is 9.05 Å². The fraction of sp³-hybridized carbons (Fsp3) is 0.400. The molecule has 0 aliphatic carbocycles. The smallest absolute Gasteiger partial charge is 0.312 e. The van der Waals surface area contributed by atoms with E-state index in [0.29, 0.717) is 0 Å². The van der Waals surface area contributed by atoms with Crippen LogP contribution in [0.3, 0.4) is 0 Å². The molecule has 1 aromatic rings. The maximum atomic E-state index is 12.0. The van der Waals surface area contributed by atoms with Crippen molar-refractivity contribution in [2.45, 2.75) is 12.6 Å². The largest absolute Gasteiger partial charge is 0.337 e. The lowest BCUT2D eigenvalue weighted by Gasteiger charge is -2.20. The zero-order valence-electron chi connectivity index (χ0n) is 8.64. The van der Waals surface area contributed by atoms with Crippen LogP contribution in [0.2, 0.25) is 0 Å². The molecule has 0 fully saturated rings. The molecule has 0 saturated carbocycles. The molecule has 0 amide bonds. The van der Waals surface area contributed by atoms with Gasteiger partial charge in [-0.15, -0.1) is 0 Å². The SMILES string of the molecule is COP(=O)(OC)[C@H](C)c1ccccc1. The van der Waals surface area contributed by atoms with Crippen LogP contribution in [0.25, 0.3) is 0 Å². The topological polar surface area (TPSA) is 35.5 Å². The van der Waals surface area contributed by atoms with Crippen molar-refractivity contribution in [3.63, 3.8) is 0 Å². The average Bonchev–Trinajstić information content (AvgIpc) is 2.28. The Kier molecular flexibility index (Phi) is 3.87. The van der Waals surface area contributed by atoms with Crippen LogP contribution in [0.15, 0.2) is 30.3 Å². The summed E-state index contributed by atoms with van der Waals surface area (Å²) >= 11 is 0. The van der Waals surface area contributed by atoms with Crippen LogP contribution < -0.4 is 0 Å². The molecule has 0 spiro atoms. The van der Waals surface area contributed by atoms with Crippen LogP contribution in [0.4, 0.5) is 0 Å². The molecule has 0 bridgehead atoms. The van der Waals surface area contributed by atoms with E-state index in [1.807, 2.05) is 37.3 Å². The molecule has 0 heterocycles. The highest BCUT2D eigenvalue weighted by Gasteiger charge is 2.30. The molecule has 1 aromatic carbocycles. The van der Waals surface area contributed by atoms with Gasteiger partial charge in [0.15, 0.2) is 0 Å². The van der Waals surface area contributed by atoms with Gasteiger partial charge in [0.25, 0.3) is 0 Å². The molecule has 0 unspecified atom stereocenters. The van der Waals surface area contributed by atoms with E-state index in [4.69, 9.17) is 9.05 Å². The maximum Gasteiger partial charge on any atom is 0.337 e. The predicted octanol–water partition coefficient (Wildman–Crippen LogP) is 3.23. The second-order valence-electron chi connectivity index (χ2n) is 2.99. The van der Waals surface area contributed by atoms with Crippen molar-refractivity contribution in [1.29, 1.82) is 0 Å². The Bertz CT molecular complexity index is 315. The zero-order valence-corrected chi connectivity index (χ0v) is 9.53. The van der Waals surface area contributed by atoms with Gasteiger partial charge in [-0.25, -0.2) is 0 Å². The number of hydrogen-bond acceptors (Lipinski definition) is 3. The molecule has 0 aliphatic heterocycles. The van der Waals surface area contributed by atoms with Crippen molar-refractivity contribution >= 4 is 7.60 Å². The van der Waals surface area contributed by atoms with E-state index in [9.17, 15) is 4.57 Å². The van der Waals surface area contributed by atoms with Gasteiger partial charge in [-0.3, -0.25) is 4.57 Å². The summed E-state index contributed by atoms with van der Waals surface area (Å²) in [6.07, 6.45) is 0. The van der Waals surface area contributed by atoms with Gasteiger partial charge in [-0.2, -0.15) is 0 Å². The van der Waals surface area contributed by atoms with Gasteiger partial charge in [0.05, 0.1) is 5.66 Å². The van der Waals surface area contributed by atoms with E-state index in [-0.39, 0.29) is 5.66 Å². The van der Waals surface area contributed by atoms with Crippen molar-refractivity contribution in [2.24, 2.45) is 0 Å².